The maximum absolute atomic E-state index is 13.0. The lowest BCUT2D eigenvalue weighted by molar-refractivity contribution is -0.137. The van der Waals surface area contributed by atoms with Gasteiger partial charge in [0, 0.05) is 31.9 Å². The van der Waals surface area contributed by atoms with Gasteiger partial charge in [-0.05, 0) is 32.0 Å². The number of aromatic amines is 1. The number of piperazine rings is 1. The van der Waals surface area contributed by atoms with Crippen LogP contribution in [-0.4, -0.2) is 63.1 Å². The van der Waals surface area contributed by atoms with E-state index in [0.717, 1.165) is 36.9 Å². The molecule has 1 atom stereocenters. The maximum atomic E-state index is 13.0. The normalized spacial score (nSPS) is 17.3. The summed E-state index contributed by atoms with van der Waals surface area (Å²) >= 11 is 5.62. The van der Waals surface area contributed by atoms with Gasteiger partial charge in [-0.15, -0.1) is 0 Å². The van der Waals surface area contributed by atoms with Crippen molar-refractivity contribution >= 4 is 23.2 Å². The van der Waals surface area contributed by atoms with Crippen LogP contribution in [0.1, 0.15) is 24.1 Å². The molecule has 158 valence electrons. The molecule has 1 aromatic carbocycles. The largest absolute Gasteiger partial charge is 0.417 e. The molecule has 7 nitrogen and oxygen atoms in total. The summed E-state index contributed by atoms with van der Waals surface area (Å²) in [4.78, 5) is 21.0. The van der Waals surface area contributed by atoms with Crippen LogP contribution >= 0.6 is 11.6 Å². The van der Waals surface area contributed by atoms with Crippen molar-refractivity contribution in [2.45, 2.75) is 32.6 Å². The zero-order chi connectivity index (χ0) is 21.2. The second-order valence-electron chi connectivity index (χ2n) is 7.01. The highest BCUT2D eigenvalue weighted by atomic mass is 35.5. The lowest BCUT2D eigenvalue weighted by Gasteiger charge is -2.37. The molecule has 0 bridgehead atoms. The van der Waals surface area contributed by atoms with Gasteiger partial charge in [-0.1, -0.05) is 11.6 Å². The summed E-state index contributed by atoms with van der Waals surface area (Å²) < 4.78 is 39.0. The Morgan fingerprint density at radius 1 is 1.31 bits per heavy atom. The summed E-state index contributed by atoms with van der Waals surface area (Å²) in [5, 5.41) is 9.09. The van der Waals surface area contributed by atoms with Gasteiger partial charge in [0.2, 0.25) is 5.91 Å². The number of aryl methyl sites for hydroxylation is 1. The number of H-pyrrole nitrogens is 1. The summed E-state index contributed by atoms with van der Waals surface area (Å²) in [5.41, 5.74) is -0.905. The minimum atomic E-state index is -4.58. The third-order valence-corrected chi connectivity index (χ3v) is 5.21. The van der Waals surface area contributed by atoms with Gasteiger partial charge >= 0.3 is 6.18 Å². The Kier molecular flexibility index (Phi) is 6.45. The molecule has 2 aromatic rings. The molecule has 0 aliphatic carbocycles. The van der Waals surface area contributed by atoms with Crippen molar-refractivity contribution in [1.29, 1.82) is 0 Å². The van der Waals surface area contributed by atoms with Crippen molar-refractivity contribution in [3.05, 3.63) is 40.4 Å². The van der Waals surface area contributed by atoms with E-state index in [0.29, 0.717) is 19.6 Å². The lowest BCUT2D eigenvalue weighted by Crippen LogP contribution is -2.52. The predicted octanol–water partition coefficient (Wildman–Crippen LogP) is 2.93. The molecule has 1 aliphatic heterocycles. The third-order valence-electron chi connectivity index (χ3n) is 4.88. The summed E-state index contributed by atoms with van der Waals surface area (Å²) in [7, 11) is 0. The van der Waals surface area contributed by atoms with Gasteiger partial charge in [0.1, 0.15) is 5.82 Å². The Balaban J connectivity index is 1.54. The molecule has 2 N–H and O–H groups in total. The number of alkyl halides is 3. The molecular formula is C18H22ClF3N6O. The number of benzene rings is 1. The molecular weight excluding hydrogens is 409 g/mol. The molecule has 29 heavy (non-hydrogen) atoms. The zero-order valence-corrected chi connectivity index (χ0v) is 16.8. The van der Waals surface area contributed by atoms with Crippen molar-refractivity contribution in [2.24, 2.45) is 0 Å². The summed E-state index contributed by atoms with van der Waals surface area (Å²) in [5.74, 6) is 1.13. The van der Waals surface area contributed by atoms with Crippen LogP contribution in [0.25, 0.3) is 0 Å². The molecule has 1 aromatic heterocycles. The average molecular weight is 431 g/mol. The molecule has 2 heterocycles. The monoisotopic (exact) mass is 430 g/mol. The Morgan fingerprint density at radius 3 is 2.59 bits per heavy atom. The molecule has 3 rings (SSSR count). The second kappa shape index (κ2) is 8.68. The fourth-order valence-corrected chi connectivity index (χ4v) is 3.43. The number of hydrogen-bond acceptors (Lipinski definition) is 5. The van der Waals surface area contributed by atoms with Crippen LogP contribution in [0.4, 0.5) is 18.9 Å². The number of hydrogen-bond donors (Lipinski definition) is 2. The van der Waals surface area contributed by atoms with Gasteiger partial charge in [0.05, 0.1) is 23.2 Å². The van der Waals surface area contributed by atoms with Crippen LogP contribution in [-0.2, 0) is 17.5 Å². The SMILES string of the molecule is Cc1nc(CN2CCN([C@@H](C)C(=O)Nc3ccc(Cl)c(C(F)(F)F)c3)CC2)n[nH]1. The highest BCUT2D eigenvalue weighted by Gasteiger charge is 2.34. The first-order valence-corrected chi connectivity index (χ1v) is 9.53. The number of amides is 1. The van der Waals surface area contributed by atoms with Gasteiger partial charge in [-0.25, -0.2) is 4.98 Å². The van der Waals surface area contributed by atoms with Crippen LogP contribution in [0.5, 0.6) is 0 Å². The molecule has 0 spiro atoms. The number of aromatic nitrogens is 3. The molecule has 0 saturated carbocycles. The first-order valence-electron chi connectivity index (χ1n) is 9.15. The van der Waals surface area contributed by atoms with Crippen LogP contribution in [0.15, 0.2) is 18.2 Å². The first kappa shape index (κ1) is 21.5. The predicted molar refractivity (Wildman–Crippen MR) is 103 cm³/mol. The summed E-state index contributed by atoms with van der Waals surface area (Å²) in [6.07, 6.45) is -4.58. The molecule has 1 aliphatic rings. The quantitative estimate of drug-likeness (QED) is 0.762. The van der Waals surface area contributed by atoms with Crippen LogP contribution < -0.4 is 5.32 Å². The van der Waals surface area contributed by atoms with Crippen LogP contribution in [0.3, 0.4) is 0 Å². The molecule has 0 unspecified atom stereocenters. The average Bonchev–Trinajstić information content (AvgIpc) is 3.07. The van der Waals surface area contributed by atoms with Gasteiger partial charge in [0.15, 0.2) is 5.82 Å². The molecule has 1 fully saturated rings. The third kappa shape index (κ3) is 5.46. The van der Waals surface area contributed by atoms with Crippen LogP contribution in [0, 0.1) is 6.92 Å². The summed E-state index contributed by atoms with van der Waals surface area (Å²) in [6, 6.07) is 2.87. The number of halogens is 4. The maximum Gasteiger partial charge on any atom is 0.417 e. The number of nitrogens with one attached hydrogen (secondary N) is 2. The van der Waals surface area contributed by atoms with E-state index in [1.165, 1.54) is 6.07 Å². The van der Waals surface area contributed by atoms with E-state index in [1.807, 2.05) is 11.8 Å². The minimum absolute atomic E-state index is 0.0668. The Morgan fingerprint density at radius 2 is 2.00 bits per heavy atom. The topological polar surface area (TPSA) is 77.2 Å². The fourth-order valence-electron chi connectivity index (χ4n) is 3.20. The van der Waals surface area contributed by atoms with Crippen LogP contribution in [0.2, 0.25) is 5.02 Å². The summed E-state index contributed by atoms with van der Waals surface area (Å²) in [6.45, 7) is 7.01. The highest BCUT2D eigenvalue weighted by molar-refractivity contribution is 6.31. The smallest absolute Gasteiger partial charge is 0.325 e. The molecule has 11 heteroatoms. The Labute approximate surface area is 171 Å². The fraction of sp³-hybridized carbons (Fsp3) is 0.500. The van der Waals surface area contributed by atoms with E-state index >= 15 is 0 Å². The standard InChI is InChI=1S/C18H22ClF3N6O/c1-11(17(29)24-13-3-4-15(19)14(9-13)18(20,21)22)28-7-5-27(6-8-28)10-16-23-12(2)25-26-16/h3-4,9,11H,5-8,10H2,1-2H3,(H,24,29)(H,23,25,26)/t11-/m0/s1. The van der Waals surface area contributed by atoms with Crippen molar-refractivity contribution in [1.82, 2.24) is 25.0 Å². The first-order chi connectivity index (χ1) is 13.6. The molecule has 1 saturated heterocycles. The minimum Gasteiger partial charge on any atom is -0.325 e. The molecule has 0 radical (unpaired) electrons. The van der Waals surface area contributed by atoms with Gasteiger partial charge in [0.25, 0.3) is 0 Å². The van der Waals surface area contributed by atoms with Gasteiger partial charge in [-0.2, -0.15) is 18.3 Å². The van der Waals surface area contributed by atoms with Crippen molar-refractivity contribution in [3.63, 3.8) is 0 Å². The number of rotatable bonds is 5. The van der Waals surface area contributed by atoms with Gasteiger partial charge < -0.3 is 5.32 Å². The number of carbonyl (C=O) groups excluding carboxylic acids is 1. The Bertz CT molecular complexity index is 864. The Hall–Kier alpha value is -2.17. The number of carbonyl (C=O) groups is 1. The second-order valence-corrected chi connectivity index (χ2v) is 7.41. The van der Waals surface area contributed by atoms with E-state index < -0.39 is 22.8 Å². The van der Waals surface area contributed by atoms with E-state index in [4.69, 9.17) is 11.6 Å². The van der Waals surface area contributed by atoms with Crippen molar-refractivity contribution in [2.75, 3.05) is 31.5 Å². The molecule has 1 amide bonds. The van der Waals surface area contributed by atoms with E-state index in [1.54, 1.807) is 6.92 Å². The zero-order valence-electron chi connectivity index (χ0n) is 16.1. The highest BCUT2D eigenvalue weighted by Crippen LogP contribution is 2.36. The number of nitrogens with zero attached hydrogens (tertiary/aromatic N) is 4. The van der Waals surface area contributed by atoms with E-state index in [2.05, 4.69) is 25.4 Å². The van der Waals surface area contributed by atoms with Crippen molar-refractivity contribution < 1.29 is 18.0 Å². The number of anilines is 1. The van der Waals surface area contributed by atoms with Gasteiger partial charge in [-0.3, -0.25) is 19.7 Å². The lowest BCUT2D eigenvalue weighted by atomic mass is 10.1. The van der Waals surface area contributed by atoms with E-state index in [9.17, 15) is 18.0 Å². The van der Waals surface area contributed by atoms with E-state index in [-0.39, 0.29) is 11.6 Å². The van der Waals surface area contributed by atoms with Crippen molar-refractivity contribution in [3.8, 4) is 0 Å².